The summed E-state index contributed by atoms with van der Waals surface area (Å²) in [6, 6.07) is 5.47. The molecule has 0 bridgehead atoms. The van der Waals surface area contributed by atoms with Crippen LogP contribution in [0.1, 0.15) is 36.2 Å². The number of carbonyl (C=O) groups excluding carboxylic acids is 1. The summed E-state index contributed by atoms with van der Waals surface area (Å²) in [5, 5.41) is 7.88. The molecule has 5 heteroatoms. The molecule has 1 aromatic heterocycles. The molecule has 2 aromatic rings. The minimum atomic E-state index is 0.0127. The van der Waals surface area contributed by atoms with E-state index < -0.39 is 0 Å². The molecule has 1 aromatic carbocycles. The number of aromatic nitrogens is 2. The van der Waals surface area contributed by atoms with Gasteiger partial charge in [-0.2, -0.15) is 5.10 Å². The highest BCUT2D eigenvalue weighted by Crippen LogP contribution is 2.21. The third-order valence-electron chi connectivity index (χ3n) is 3.68. The first-order valence-corrected chi connectivity index (χ1v) is 6.78. The van der Waals surface area contributed by atoms with E-state index in [0.717, 1.165) is 36.8 Å². The number of nitrogen functional groups attached to an aromatic ring is 1. The van der Waals surface area contributed by atoms with Crippen LogP contribution in [0.15, 0.2) is 18.2 Å². The zero-order valence-electron chi connectivity index (χ0n) is 10.9. The van der Waals surface area contributed by atoms with Crippen LogP contribution in [0.2, 0.25) is 0 Å². The van der Waals surface area contributed by atoms with Crippen LogP contribution in [0, 0.1) is 0 Å². The van der Waals surface area contributed by atoms with Crippen LogP contribution in [0.4, 0.5) is 5.69 Å². The Labute approximate surface area is 111 Å². The molecule has 2 heterocycles. The van der Waals surface area contributed by atoms with Crippen molar-refractivity contribution in [1.29, 1.82) is 0 Å². The Morgan fingerprint density at radius 3 is 2.68 bits per heavy atom. The van der Waals surface area contributed by atoms with Crippen molar-refractivity contribution in [2.45, 2.75) is 25.7 Å². The molecule has 0 aliphatic carbocycles. The van der Waals surface area contributed by atoms with E-state index in [9.17, 15) is 4.79 Å². The van der Waals surface area contributed by atoms with E-state index in [2.05, 4.69) is 10.2 Å². The lowest BCUT2D eigenvalue weighted by Crippen LogP contribution is -2.32. The Bertz CT molecular complexity index is 597. The van der Waals surface area contributed by atoms with Crippen LogP contribution in [-0.2, 0) is 0 Å². The van der Waals surface area contributed by atoms with Crippen molar-refractivity contribution in [3.8, 4) is 0 Å². The smallest absolute Gasteiger partial charge is 0.274 e. The molecular weight excluding hydrogens is 240 g/mol. The first-order valence-electron chi connectivity index (χ1n) is 6.78. The topological polar surface area (TPSA) is 75.0 Å². The van der Waals surface area contributed by atoms with E-state index in [1.54, 1.807) is 6.07 Å². The van der Waals surface area contributed by atoms with Gasteiger partial charge in [-0.05, 0) is 31.0 Å². The molecular formula is C14H18N4O. The second-order valence-corrected chi connectivity index (χ2v) is 5.08. The lowest BCUT2D eigenvalue weighted by atomic mass is 10.1. The summed E-state index contributed by atoms with van der Waals surface area (Å²) in [6.07, 6.45) is 4.57. The number of likely N-dealkylation sites (tertiary alicyclic amines) is 1. The number of fused-ring (bicyclic) bond motifs is 1. The molecule has 1 saturated heterocycles. The number of nitrogens with two attached hydrogens (primary N) is 1. The van der Waals surface area contributed by atoms with Gasteiger partial charge in [0.05, 0.1) is 5.52 Å². The zero-order chi connectivity index (χ0) is 13.2. The van der Waals surface area contributed by atoms with Gasteiger partial charge in [-0.3, -0.25) is 9.89 Å². The van der Waals surface area contributed by atoms with E-state index in [-0.39, 0.29) is 5.91 Å². The summed E-state index contributed by atoms with van der Waals surface area (Å²) in [4.78, 5) is 14.5. The van der Waals surface area contributed by atoms with E-state index in [1.165, 1.54) is 12.8 Å². The summed E-state index contributed by atoms with van der Waals surface area (Å²) in [5.74, 6) is 0.0127. The predicted molar refractivity (Wildman–Crippen MR) is 74.9 cm³/mol. The number of anilines is 1. The van der Waals surface area contributed by atoms with Crippen LogP contribution < -0.4 is 5.73 Å². The van der Waals surface area contributed by atoms with Crippen molar-refractivity contribution in [2.24, 2.45) is 0 Å². The van der Waals surface area contributed by atoms with Gasteiger partial charge in [0.2, 0.25) is 0 Å². The molecule has 19 heavy (non-hydrogen) atoms. The fourth-order valence-electron chi connectivity index (χ4n) is 2.62. The SMILES string of the molecule is Nc1ccc2[nH]nc(C(=O)N3CCCCCC3)c2c1. The van der Waals surface area contributed by atoms with Crippen LogP contribution >= 0.6 is 0 Å². The Morgan fingerprint density at radius 2 is 1.95 bits per heavy atom. The number of nitrogens with one attached hydrogen (secondary N) is 1. The minimum absolute atomic E-state index is 0.0127. The predicted octanol–water partition coefficient (Wildman–Crippen LogP) is 2.16. The van der Waals surface area contributed by atoms with Gasteiger partial charge in [-0.25, -0.2) is 0 Å². The van der Waals surface area contributed by atoms with Crippen LogP contribution in [0.5, 0.6) is 0 Å². The average Bonchev–Trinajstić information content (AvgIpc) is 2.64. The highest BCUT2D eigenvalue weighted by Gasteiger charge is 2.21. The zero-order valence-corrected chi connectivity index (χ0v) is 10.9. The quantitative estimate of drug-likeness (QED) is 0.770. The fourth-order valence-corrected chi connectivity index (χ4v) is 2.62. The van der Waals surface area contributed by atoms with Gasteiger partial charge in [-0.1, -0.05) is 12.8 Å². The molecule has 1 aliphatic rings. The first kappa shape index (κ1) is 12.0. The molecule has 0 radical (unpaired) electrons. The number of rotatable bonds is 1. The monoisotopic (exact) mass is 258 g/mol. The van der Waals surface area contributed by atoms with Gasteiger partial charge >= 0.3 is 0 Å². The van der Waals surface area contributed by atoms with Crippen molar-refractivity contribution >= 4 is 22.5 Å². The molecule has 1 amide bonds. The summed E-state index contributed by atoms with van der Waals surface area (Å²) < 4.78 is 0. The largest absolute Gasteiger partial charge is 0.399 e. The molecule has 1 fully saturated rings. The fraction of sp³-hybridized carbons (Fsp3) is 0.429. The van der Waals surface area contributed by atoms with E-state index in [4.69, 9.17) is 5.73 Å². The second-order valence-electron chi connectivity index (χ2n) is 5.08. The molecule has 100 valence electrons. The molecule has 5 nitrogen and oxygen atoms in total. The van der Waals surface area contributed by atoms with Crippen molar-refractivity contribution in [2.75, 3.05) is 18.8 Å². The molecule has 0 saturated carbocycles. The molecule has 3 N–H and O–H groups in total. The summed E-state index contributed by atoms with van der Waals surface area (Å²) >= 11 is 0. The Hall–Kier alpha value is -2.04. The first-order chi connectivity index (χ1) is 9.25. The third kappa shape index (κ3) is 2.28. The van der Waals surface area contributed by atoms with Crippen LogP contribution in [-0.4, -0.2) is 34.1 Å². The number of aromatic amines is 1. The van der Waals surface area contributed by atoms with Crippen molar-refractivity contribution in [1.82, 2.24) is 15.1 Å². The van der Waals surface area contributed by atoms with E-state index in [1.807, 2.05) is 17.0 Å². The number of nitrogens with zero attached hydrogens (tertiary/aromatic N) is 2. The number of amides is 1. The van der Waals surface area contributed by atoms with Crippen molar-refractivity contribution < 1.29 is 4.79 Å². The van der Waals surface area contributed by atoms with Crippen LogP contribution in [0.3, 0.4) is 0 Å². The number of hydrogen-bond donors (Lipinski definition) is 2. The van der Waals surface area contributed by atoms with Gasteiger partial charge in [0.25, 0.3) is 5.91 Å². The third-order valence-corrected chi connectivity index (χ3v) is 3.68. The van der Waals surface area contributed by atoms with Crippen molar-refractivity contribution in [3.05, 3.63) is 23.9 Å². The molecule has 0 unspecified atom stereocenters. The second kappa shape index (κ2) is 4.91. The van der Waals surface area contributed by atoms with E-state index >= 15 is 0 Å². The van der Waals surface area contributed by atoms with Gasteiger partial charge in [0, 0.05) is 24.2 Å². The number of H-pyrrole nitrogens is 1. The number of hydrogen-bond acceptors (Lipinski definition) is 3. The maximum Gasteiger partial charge on any atom is 0.274 e. The normalized spacial score (nSPS) is 16.5. The Kier molecular flexibility index (Phi) is 3.11. The standard InChI is InChI=1S/C14H18N4O/c15-10-5-6-12-11(9-10)13(17-16-12)14(19)18-7-3-1-2-4-8-18/h5-6,9H,1-4,7-8,15H2,(H,16,17). The molecule has 0 atom stereocenters. The lowest BCUT2D eigenvalue weighted by Gasteiger charge is -2.19. The summed E-state index contributed by atoms with van der Waals surface area (Å²) in [7, 11) is 0. The van der Waals surface area contributed by atoms with Gasteiger partial charge in [0.1, 0.15) is 0 Å². The molecule has 3 rings (SSSR count). The summed E-state index contributed by atoms with van der Waals surface area (Å²) in [6.45, 7) is 1.66. The molecule has 1 aliphatic heterocycles. The Morgan fingerprint density at radius 1 is 1.21 bits per heavy atom. The van der Waals surface area contributed by atoms with Gasteiger partial charge in [0.15, 0.2) is 5.69 Å². The van der Waals surface area contributed by atoms with E-state index in [0.29, 0.717) is 11.4 Å². The van der Waals surface area contributed by atoms with Crippen molar-refractivity contribution in [3.63, 3.8) is 0 Å². The summed E-state index contributed by atoms with van der Waals surface area (Å²) in [5.41, 5.74) is 7.78. The average molecular weight is 258 g/mol. The number of benzene rings is 1. The van der Waals surface area contributed by atoms with Gasteiger partial charge < -0.3 is 10.6 Å². The maximum absolute atomic E-state index is 12.5. The van der Waals surface area contributed by atoms with Gasteiger partial charge in [-0.15, -0.1) is 0 Å². The maximum atomic E-state index is 12.5. The van der Waals surface area contributed by atoms with Crippen LogP contribution in [0.25, 0.3) is 10.9 Å². The highest BCUT2D eigenvalue weighted by atomic mass is 16.2. The minimum Gasteiger partial charge on any atom is -0.399 e. The lowest BCUT2D eigenvalue weighted by molar-refractivity contribution is 0.0757. The Balaban J connectivity index is 1.94. The highest BCUT2D eigenvalue weighted by molar-refractivity contribution is 6.05. The molecule has 0 spiro atoms. The number of carbonyl (C=O) groups is 1.